The van der Waals surface area contributed by atoms with Gasteiger partial charge in [-0.1, -0.05) is 6.92 Å². The van der Waals surface area contributed by atoms with Crippen molar-refractivity contribution in [3.8, 4) is 0 Å². The molecule has 1 aromatic heterocycles. The number of nitrogens with zero attached hydrogens (tertiary/aromatic N) is 2. The van der Waals surface area contributed by atoms with E-state index in [1.165, 1.54) is 6.07 Å². The number of benzene rings is 1. The summed E-state index contributed by atoms with van der Waals surface area (Å²) in [6, 6.07) is 3.26. The molecule has 4 nitrogen and oxygen atoms in total. The van der Waals surface area contributed by atoms with Crippen LogP contribution in [0.2, 0.25) is 0 Å². The predicted octanol–water partition coefficient (Wildman–Crippen LogP) is 2.96. The van der Waals surface area contributed by atoms with Crippen LogP contribution >= 0.6 is 22.6 Å². The molecule has 98 valence electrons. The summed E-state index contributed by atoms with van der Waals surface area (Å²) in [5.74, 6) is 0.145. The molecule has 0 aliphatic heterocycles. The number of nitrogens with two attached hydrogens (primary N) is 1. The number of fused-ring (bicyclic) bond motifs is 1. The lowest BCUT2D eigenvalue weighted by molar-refractivity contribution is 0.155. The first-order chi connectivity index (χ1) is 8.58. The number of halogens is 2. The quantitative estimate of drug-likeness (QED) is 0.850. The van der Waals surface area contributed by atoms with E-state index >= 15 is 0 Å². The number of rotatable bonds is 4. The number of hydrogen-bond donors (Lipinski definition) is 1. The minimum Gasteiger partial charge on any atom is -0.383 e. The zero-order valence-corrected chi connectivity index (χ0v) is 12.4. The fourth-order valence-corrected chi connectivity index (χ4v) is 2.51. The van der Waals surface area contributed by atoms with Gasteiger partial charge >= 0.3 is 0 Å². The number of methoxy groups -OCH3 is 1. The van der Waals surface area contributed by atoms with E-state index in [4.69, 9.17) is 10.5 Å². The summed E-state index contributed by atoms with van der Waals surface area (Å²) >= 11 is 1.95. The smallest absolute Gasteiger partial charge is 0.201 e. The molecule has 1 atom stereocenters. The minimum atomic E-state index is -0.253. The Kier molecular flexibility index (Phi) is 4.06. The van der Waals surface area contributed by atoms with Gasteiger partial charge in [0.25, 0.3) is 0 Å². The molecular formula is C12H15FIN3O. The highest BCUT2D eigenvalue weighted by atomic mass is 127. The van der Waals surface area contributed by atoms with Crippen molar-refractivity contribution >= 4 is 39.6 Å². The van der Waals surface area contributed by atoms with Crippen molar-refractivity contribution in [3.05, 3.63) is 21.5 Å². The maximum absolute atomic E-state index is 13.7. The third-order valence-corrected chi connectivity index (χ3v) is 3.78. The maximum atomic E-state index is 13.7. The Labute approximate surface area is 118 Å². The summed E-state index contributed by atoms with van der Waals surface area (Å²) in [7, 11) is 1.64. The highest BCUT2D eigenvalue weighted by Crippen LogP contribution is 2.27. The lowest BCUT2D eigenvalue weighted by Crippen LogP contribution is -2.16. The van der Waals surface area contributed by atoms with Crippen molar-refractivity contribution in [2.75, 3.05) is 19.5 Å². The van der Waals surface area contributed by atoms with E-state index in [2.05, 4.69) is 4.98 Å². The molecule has 0 aliphatic rings. The van der Waals surface area contributed by atoms with Crippen LogP contribution in [0.3, 0.4) is 0 Å². The van der Waals surface area contributed by atoms with Crippen molar-refractivity contribution in [3.63, 3.8) is 0 Å². The molecule has 2 N–H and O–H groups in total. The topological polar surface area (TPSA) is 53.1 Å². The zero-order chi connectivity index (χ0) is 13.3. The van der Waals surface area contributed by atoms with Gasteiger partial charge in [-0.05, 0) is 35.1 Å². The van der Waals surface area contributed by atoms with Crippen LogP contribution in [0, 0.1) is 9.39 Å². The van der Waals surface area contributed by atoms with Crippen LogP contribution < -0.4 is 5.73 Å². The molecule has 1 unspecified atom stereocenters. The average Bonchev–Trinajstić information content (AvgIpc) is 2.63. The largest absolute Gasteiger partial charge is 0.383 e. The third kappa shape index (κ3) is 2.31. The highest BCUT2D eigenvalue weighted by molar-refractivity contribution is 14.1. The van der Waals surface area contributed by atoms with Crippen molar-refractivity contribution in [1.29, 1.82) is 0 Å². The van der Waals surface area contributed by atoms with Gasteiger partial charge in [0.1, 0.15) is 5.82 Å². The maximum Gasteiger partial charge on any atom is 0.201 e. The van der Waals surface area contributed by atoms with Crippen molar-refractivity contribution in [1.82, 2.24) is 9.55 Å². The van der Waals surface area contributed by atoms with Crippen LogP contribution in [0.25, 0.3) is 11.0 Å². The van der Waals surface area contributed by atoms with E-state index in [0.29, 0.717) is 27.2 Å². The molecule has 18 heavy (non-hydrogen) atoms. The molecule has 0 radical (unpaired) electrons. The summed E-state index contributed by atoms with van der Waals surface area (Å²) in [6.07, 6.45) is 0.844. The predicted molar refractivity (Wildman–Crippen MR) is 78.0 cm³/mol. The minimum absolute atomic E-state index is 0.0689. The second-order valence-electron chi connectivity index (χ2n) is 4.11. The van der Waals surface area contributed by atoms with Crippen LogP contribution in [0.15, 0.2) is 12.1 Å². The zero-order valence-electron chi connectivity index (χ0n) is 10.3. The molecule has 0 saturated heterocycles. The van der Waals surface area contributed by atoms with Crippen molar-refractivity contribution < 1.29 is 9.13 Å². The molecule has 1 aromatic carbocycles. The molecule has 0 bridgehead atoms. The van der Waals surface area contributed by atoms with E-state index in [9.17, 15) is 4.39 Å². The molecule has 0 saturated carbocycles. The SMILES string of the molecule is CCC(COC)n1c(N)nc2cc(I)c(F)cc21. The van der Waals surface area contributed by atoms with Gasteiger partial charge in [0.15, 0.2) is 0 Å². The van der Waals surface area contributed by atoms with Crippen LogP contribution in [-0.2, 0) is 4.74 Å². The first kappa shape index (κ1) is 13.5. The summed E-state index contributed by atoms with van der Waals surface area (Å²) < 4.78 is 21.2. The molecule has 2 rings (SSSR count). The lowest BCUT2D eigenvalue weighted by atomic mass is 10.2. The first-order valence-corrected chi connectivity index (χ1v) is 6.77. The van der Waals surface area contributed by atoms with Crippen LogP contribution in [-0.4, -0.2) is 23.3 Å². The number of aromatic nitrogens is 2. The van der Waals surface area contributed by atoms with Crippen molar-refractivity contribution in [2.45, 2.75) is 19.4 Å². The number of ether oxygens (including phenoxy) is 1. The third-order valence-electron chi connectivity index (χ3n) is 2.95. The Balaban J connectivity index is 2.62. The summed E-state index contributed by atoms with van der Waals surface area (Å²) in [6.45, 7) is 2.57. The Morgan fingerprint density at radius 3 is 2.89 bits per heavy atom. The molecule has 1 heterocycles. The number of imidazole rings is 1. The van der Waals surface area contributed by atoms with Gasteiger partial charge in [-0.2, -0.15) is 0 Å². The second-order valence-corrected chi connectivity index (χ2v) is 5.27. The fraction of sp³-hybridized carbons (Fsp3) is 0.417. The second kappa shape index (κ2) is 5.40. The Bertz CT molecular complexity index is 570. The van der Waals surface area contributed by atoms with Gasteiger partial charge in [0.2, 0.25) is 5.95 Å². The molecular weight excluding hydrogens is 348 g/mol. The molecule has 0 aliphatic carbocycles. The van der Waals surface area contributed by atoms with Gasteiger partial charge in [0.05, 0.1) is 27.3 Å². The molecule has 0 amide bonds. The van der Waals surface area contributed by atoms with E-state index < -0.39 is 0 Å². The van der Waals surface area contributed by atoms with Gasteiger partial charge in [-0.25, -0.2) is 9.37 Å². The van der Waals surface area contributed by atoms with Crippen LogP contribution in [0.1, 0.15) is 19.4 Å². The Morgan fingerprint density at radius 1 is 1.56 bits per heavy atom. The van der Waals surface area contributed by atoms with E-state index in [1.54, 1.807) is 13.2 Å². The van der Waals surface area contributed by atoms with Crippen LogP contribution in [0.5, 0.6) is 0 Å². The van der Waals surface area contributed by atoms with E-state index in [-0.39, 0.29) is 11.9 Å². The summed E-state index contributed by atoms with van der Waals surface area (Å²) in [5, 5.41) is 0. The van der Waals surface area contributed by atoms with Crippen LogP contribution in [0.4, 0.5) is 10.3 Å². The molecule has 2 aromatic rings. The number of hydrogen-bond acceptors (Lipinski definition) is 3. The standard InChI is InChI=1S/C12H15FIN3O/c1-3-7(6-18-2)17-11-4-8(13)9(14)5-10(11)16-12(17)15/h4-5,7H,3,6H2,1-2H3,(H2,15,16). The van der Waals surface area contributed by atoms with Gasteiger partial charge in [-0.15, -0.1) is 0 Å². The number of nitrogen functional groups attached to an aromatic ring is 1. The Morgan fingerprint density at radius 2 is 2.28 bits per heavy atom. The van der Waals surface area contributed by atoms with Crippen molar-refractivity contribution in [2.24, 2.45) is 0 Å². The van der Waals surface area contributed by atoms with E-state index in [1.807, 2.05) is 34.1 Å². The highest BCUT2D eigenvalue weighted by Gasteiger charge is 2.17. The van der Waals surface area contributed by atoms with Gasteiger partial charge in [-0.3, -0.25) is 0 Å². The summed E-state index contributed by atoms with van der Waals surface area (Å²) in [4.78, 5) is 4.28. The normalized spacial score (nSPS) is 13.1. The number of anilines is 1. The van der Waals surface area contributed by atoms with Gasteiger partial charge in [0, 0.05) is 13.2 Å². The molecule has 6 heteroatoms. The van der Waals surface area contributed by atoms with Gasteiger partial charge < -0.3 is 15.0 Å². The fourth-order valence-electron chi connectivity index (χ4n) is 2.06. The lowest BCUT2D eigenvalue weighted by Gasteiger charge is -2.18. The average molecular weight is 363 g/mol. The molecule has 0 spiro atoms. The first-order valence-electron chi connectivity index (χ1n) is 5.69. The summed E-state index contributed by atoms with van der Waals surface area (Å²) in [5.41, 5.74) is 7.36. The Hall–Kier alpha value is -0.890. The monoisotopic (exact) mass is 363 g/mol. The van der Waals surface area contributed by atoms with E-state index in [0.717, 1.165) is 6.42 Å². The molecule has 0 fully saturated rings.